The van der Waals surface area contributed by atoms with Gasteiger partial charge in [0.15, 0.2) is 0 Å². The fraction of sp³-hybridized carbons (Fsp3) is 0.444. The molecule has 2 aliphatic rings. The number of amides is 1. The minimum Gasteiger partial charge on any atom is -0.492 e. The molecule has 1 N–H and O–H groups in total. The van der Waals surface area contributed by atoms with E-state index in [-0.39, 0.29) is 17.9 Å². The summed E-state index contributed by atoms with van der Waals surface area (Å²) in [6.45, 7) is 2.45. The lowest BCUT2D eigenvalue weighted by Gasteiger charge is -2.26. The lowest BCUT2D eigenvalue weighted by molar-refractivity contribution is -0.127. The van der Waals surface area contributed by atoms with Gasteiger partial charge in [-0.2, -0.15) is 0 Å². The molecule has 1 aromatic heterocycles. The predicted octanol–water partition coefficient (Wildman–Crippen LogP) is 3.27. The molecule has 2 aromatic rings. The monoisotopic (exact) mass is 328 g/mol. The van der Waals surface area contributed by atoms with E-state index in [1.165, 1.54) is 12.8 Å². The number of fused-ring (bicyclic) bond motifs is 1. The number of rotatable bonds is 4. The maximum atomic E-state index is 12.7. The SMILES string of the molecule is Cc1csc([C@@H](NC(=O)[C@@H]2COc3ccccc3C2)C2CC2)n1. The summed E-state index contributed by atoms with van der Waals surface area (Å²) >= 11 is 1.65. The van der Waals surface area contributed by atoms with Crippen LogP contribution in [0, 0.1) is 18.8 Å². The molecule has 2 heterocycles. The third-order valence-corrected chi connectivity index (χ3v) is 5.59. The van der Waals surface area contributed by atoms with E-state index < -0.39 is 0 Å². The molecule has 1 aliphatic carbocycles. The van der Waals surface area contributed by atoms with Crippen LogP contribution in [0.3, 0.4) is 0 Å². The number of hydrogen-bond donors (Lipinski definition) is 1. The molecule has 23 heavy (non-hydrogen) atoms. The van der Waals surface area contributed by atoms with Crippen LogP contribution in [0.2, 0.25) is 0 Å². The van der Waals surface area contributed by atoms with Gasteiger partial charge in [-0.15, -0.1) is 11.3 Å². The smallest absolute Gasteiger partial charge is 0.227 e. The quantitative estimate of drug-likeness (QED) is 0.937. The number of carbonyl (C=O) groups is 1. The van der Waals surface area contributed by atoms with Crippen molar-refractivity contribution >= 4 is 17.2 Å². The molecule has 0 unspecified atom stereocenters. The number of aromatic nitrogens is 1. The van der Waals surface area contributed by atoms with E-state index in [1.54, 1.807) is 11.3 Å². The maximum Gasteiger partial charge on any atom is 0.227 e. The Kier molecular flexibility index (Phi) is 3.81. The normalized spacial score (nSPS) is 21.2. The van der Waals surface area contributed by atoms with Gasteiger partial charge in [0.2, 0.25) is 5.91 Å². The number of thiazole rings is 1. The van der Waals surface area contributed by atoms with Crippen molar-refractivity contribution in [1.29, 1.82) is 0 Å². The highest BCUT2D eigenvalue weighted by atomic mass is 32.1. The summed E-state index contributed by atoms with van der Waals surface area (Å²) in [7, 11) is 0. The molecule has 4 rings (SSSR count). The molecule has 0 bridgehead atoms. The zero-order valence-corrected chi connectivity index (χ0v) is 13.9. The lowest BCUT2D eigenvalue weighted by atomic mass is 9.95. The molecule has 1 aromatic carbocycles. The van der Waals surface area contributed by atoms with E-state index in [9.17, 15) is 4.79 Å². The number of carbonyl (C=O) groups excluding carboxylic acids is 1. The van der Waals surface area contributed by atoms with Crippen molar-refractivity contribution in [2.45, 2.75) is 32.2 Å². The Morgan fingerprint density at radius 3 is 2.96 bits per heavy atom. The largest absolute Gasteiger partial charge is 0.492 e. The molecule has 0 spiro atoms. The summed E-state index contributed by atoms with van der Waals surface area (Å²) in [6, 6.07) is 8.03. The van der Waals surface area contributed by atoms with Crippen LogP contribution < -0.4 is 10.1 Å². The van der Waals surface area contributed by atoms with Crippen molar-refractivity contribution in [3.63, 3.8) is 0 Å². The Bertz CT molecular complexity index is 723. The Morgan fingerprint density at radius 1 is 1.39 bits per heavy atom. The first-order valence-electron chi connectivity index (χ1n) is 8.14. The van der Waals surface area contributed by atoms with Gasteiger partial charge >= 0.3 is 0 Å². The standard InChI is InChI=1S/C18H20N2O2S/c1-11-10-23-18(19-11)16(12-6-7-12)20-17(21)14-8-13-4-2-3-5-15(13)22-9-14/h2-5,10,12,14,16H,6-9H2,1H3,(H,20,21)/t14-,16-/m0/s1. The fourth-order valence-corrected chi connectivity index (χ4v) is 4.03. The summed E-state index contributed by atoms with van der Waals surface area (Å²) in [5.41, 5.74) is 2.15. The van der Waals surface area contributed by atoms with Crippen LogP contribution in [0.15, 0.2) is 29.6 Å². The van der Waals surface area contributed by atoms with Crippen molar-refractivity contribution in [2.75, 3.05) is 6.61 Å². The molecule has 1 saturated carbocycles. The van der Waals surface area contributed by atoms with Crippen LogP contribution in [0.1, 0.15) is 35.1 Å². The summed E-state index contributed by atoms with van der Waals surface area (Å²) in [5.74, 6) is 1.42. The summed E-state index contributed by atoms with van der Waals surface area (Å²) in [6.07, 6.45) is 3.09. The minimum absolute atomic E-state index is 0.0679. The van der Waals surface area contributed by atoms with Crippen LogP contribution in [-0.2, 0) is 11.2 Å². The van der Waals surface area contributed by atoms with Crippen molar-refractivity contribution in [2.24, 2.45) is 11.8 Å². The highest BCUT2D eigenvalue weighted by Crippen LogP contribution is 2.42. The van der Waals surface area contributed by atoms with Gasteiger partial charge in [-0.1, -0.05) is 18.2 Å². The molecule has 1 fully saturated rings. The Hall–Kier alpha value is -1.88. The Balaban J connectivity index is 1.47. The molecular weight excluding hydrogens is 308 g/mol. The fourth-order valence-electron chi connectivity index (χ4n) is 3.09. The van der Waals surface area contributed by atoms with Gasteiger partial charge in [0.05, 0.1) is 12.0 Å². The summed E-state index contributed by atoms with van der Waals surface area (Å²) < 4.78 is 5.75. The number of nitrogens with zero attached hydrogens (tertiary/aromatic N) is 1. The molecular formula is C18H20N2O2S. The highest BCUT2D eigenvalue weighted by Gasteiger charge is 2.37. The first kappa shape index (κ1) is 14.7. The number of ether oxygens (including phenoxy) is 1. The maximum absolute atomic E-state index is 12.7. The number of aryl methyl sites for hydroxylation is 1. The molecule has 120 valence electrons. The molecule has 5 heteroatoms. The first-order valence-corrected chi connectivity index (χ1v) is 9.02. The van der Waals surface area contributed by atoms with Gasteiger partial charge in [0.25, 0.3) is 0 Å². The third kappa shape index (κ3) is 3.11. The second-order valence-electron chi connectivity index (χ2n) is 6.47. The zero-order valence-electron chi connectivity index (χ0n) is 13.1. The van der Waals surface area contributed by atoms with Gasteiger partial charge in [0, 0.05) is 11.1 Å². The van der Waals surface area contributed by atoms with Crippen LogP contribution in [0.4, 0.5) is 0 Å². The van der Waals surface area contributed by atoms with Gasteiger partial charge in [-0.25, -0.2) is 4.98 Å². The first-order chi connectivity index (χ1) is 11.2. The number of hydrogen-bond acceptors (Lipinski definition) is 4. The molecule has 4 nitrogen and oxygen atoms in total. The van der Waals surface area contributed by atoms with Gasteiger partial charge in [-0.3, -0.25) is 4.79 Å². The van der Waals surface area contributed by atoms with Gasteiger partial charge < -0.3 is 10.1 Å². The lowest BCUT2D eigenvalue weighted by Crippen LogP contribution is -2.39. The predicted molar refractivity (Wildman–Crippen MR) is 89.6 cm³/mol. The van der Waals surface area contributed by atoms with E-state index in [4.69, 9.17) is 4.74 Å². The van der Waals surface area contributed by atoms with Crippen molar-refractivity contribution in [3.05, 3.63) is 45.9 Å². The second kappa shape index (κ2) is 5.96. The van der Waals surface area contributed by atoms with E-state index in [0.29, 0.717) is 12.5 Å². The third-order valence-electron chi connectivity index (χ3n) is 4.54. The van der Waals surface area contributed by atoms with Crippen LogP contribution in [0.5, 0.6) is 5.75 Å². The van der Waals surface area contributed by atoms with Crippen LogP contribution in [0.25, 0.3) is 0 Å². The Morgan fingerprint density at radius 2 is 2.22 bits per heavy atom. The summed E-state index contributed by atoms with van der Waals surface area (Å²) in [4.78, 5) is 17.3. The average molecular weight is 328 g/mol. The van der Waals surface area contributed by atoms with E-state index in [1.807, 2.05) is 31.2 Å². The molecule has 2 atom stereocenters. The van der Waals surface area contributed by atoms with E-state index in [2.05, 4.69) is 15.7 Å². The van der Waals surface area contributed by atoms with Crippen molar-refractivity contribution in [3.8, 4) is 5.75 Å². The number of para-hydroxylation sites is 1. The zero-order chi connectivity index (χ0) is 15.8. The van der Waals surface area contributed by atoms with Gasteiger partial charge in [-0.05, 0) is 43.7 Å². The van der Waals surface area contributed by atoms with E-state index >= 15 is 0 Å². The van der Waals surface area contributed by atoms with Crippen molar-refractivity contribution in [1.82, 2.24) is 10.3 Å². The van der Waals surface area contributed by atoms with Crippen molar-refractivity contribution < 1.29 is 9.53 Å². The topological polar surface area (TPSA) is 51.2 Å². The van der Waals surface area contributed by atoms with Crippen LogP contribution in [-0.4, -0.2) is 17.5 Å². The number of nitrogens with one attached hydrogen (secondary N) is 1. The molecule has 1 aliphatic heterocycles. The average Bonchev–Trinajstić information content (AvgIpc) is 3.33. The molecule has 0 radical (unpaired) electrons. The van der Waals surface area contributed by atoms with E-state index in [0.717, 1.165) is 28.4 Å². The Labute approximate surface area is 139 Å². The number of benzene rings is 1. The molecule has 1 amide bonds. The van der Waals surface area contributed by atoms with Gasteiger partial charge in [0.1, 0.15) is 17.4 Å². The second-order valence-corrected chi connectivity index (χ2v) is 7.36. The van der Waals surface area contributed by atoms with Crippen LogP contribution >= 0.6 is 11.3 Å². The molecule has 0 saturated heterocycles. The summed E-state index contributed by atoms with van der Waals surface area (Å²) in [5, 5.41) is 6.33. The minimum atomic E-state index is -0.118. The highest BCUT2D eigenvalue weighted by molar-refractivity contribution is 7.09.